The third kappa shape index (κ3) is 5.72. The molecule has 2 N–H and O–H groups in total. The van der Waals surface area contributed by atoms with Crippen molar-refractivity contribution in [2.45, 2.75) is 26.9 Å². The predicted molar refractivity (Wildman–Crippen MR) is 131 cm³/mol. The maximum Gasteiger partial charge on any atom is 0.255 e. The van der Waals surface area contributed by atoms with E-state index in [9.17, 15) is 9.59 Å². The van der Waals surface area contributed by atoms with Crippen molar-refractivity contribution in [3.63, 3.8) is 0 Å². The molecule has 0 saturated heterocycles. The van der Waals surface area contributed by atoms with Gasteiger partial charge in [-0.15, -0.1) is 0 Å². The van der Waals surface area contributed by atoms with Gasteiger partial charge in [0, 0.05) is 13.1 Å². The first-order chi connectivity index (χ1) is 16.5. The SMILES string of the molecule is Cc1oc(/C=C/c2cc(C(=O)NCc3ccccc3)c(C)o2)cc1C(=O)NCc1ccccc1. The zero-order valence-corrected chi connectivity index (χ0v) is 19.1. The second-order valence-corrected chi connectivity index (χ2v) is 7.91. The summed E-state index contributed by atoms with van der Waals surface area (Å²) in [5, 5.41) is 5.81. The quantitative estimate of drug-likeness (QED) is 0.367. The fourth-order valence-electron chi connectivity index (χ4n) is 3.54. The molecule has 0 unspecified atom stereocenters. The molecule has 2 amide bonds. The van der Waals surface area contributed by atoms with Crippen molar-refractivity contribution in [1.82, 2.24) is 10.6 Å². The fraction of sp³-hybridized carbons (Fsp3) is 0.143. The van der Waals surface area contributed by atoms with E-state index >= 15 is 0 Å². The van der Waals surface area contributed by atoms with Gasteiger partial charge in [-0.1, -0.05) is 60.7 Å². The lowest BCUT2D eigenvalue weighted by atomic mass is 10.2. The van der Waals surface area contributed by atoms with Crippen molar-refractivity contribution in [3.8, 4) is 0 Å². The minimum absolute atomic E-state index is 0.198. The second kappa shape index (κ2) is 10.5. The molecule has 0 saturated carbocycles. The molecule has 2 aromatic carbocycles. The molecule has 0 aliphatic heterocycles. The number of benzene rings is 2. The second-order valence-electron chi connectivity index (χ2n) is 7.91. The molecule has 4 rings (SSSR count). The monoisotopic (exact) mass is 454 g/mol. The number of carbonyl (C=O) groups excluding carboxylic acids is 2. The molecule has 34 heavy (non-hydrogen) atoms. The molecular weight excluding hydrogens is 428 g/mol. The Morgan fingerprint density at radius 2 is 1.06 bits per heavy atom. The Morgan fingerprint density at radius 1 is 0.676 bits per heavy atom. The van der Waals surface area contributed by atoms with E-state index in [1.54, 1.807) is 38.1 Å². The molecule has 6 heteroatoms. The van der Waals surface area contributed by atoms with Crippen molar-refractivity contribution in [2.24, 2.45) is 0 Å². The van der Waals surface area contributed by atoms with Crippen LogP contribution in [0.15, 0.2) is 81.6 Å². The van der Waals surface area contributed by atoms with Gasteiger partial charge in [-0.05, 0) is 49.3 Å². The molecule has 0 aliphatic carbocycles. The van der Waals surface area contributed by atoms with E-state index < -0.39 is 0 Å². The van der Waals surface area contributed by atoms with E-state index in [0.717, 1.165) is 11.1 Å². The molecule has 2 heterocycles. The summed E-state index contributed by atoms with van der Waals surface area (Å²) in [6.07, 6.45) is 3.43. The van der Waals surface area contributed by atoms with Gasteiger partial charge in [-0.3, -0.25) is 9.59 Å². The summed E-state index contributed by atoms with van der Waals surface area (Å²) >= 11 is 0. The standard InChI is InChI=1S/C28H26N2O4/c1-19-25(27(31)29-17-21-9-5-3-6-10-21)15-23(33-19)13-14-24-16-26(20(2)34-24)28(32)30-18-22-11-7-4-8-12-22/h3-16H,17-18H2,1-2H3,(H,29,31)(H,30,32)/b14-13+. The molecule has 0 spiro atoms. The fourth-order valence-corrected chi connectivity index (χ4v) is 3.54. The van der Waals surface area contributed by atoms with E-state index in [1.807, 2.05) is 60.7 Å². The third-order valence-electron chi connectivity index (χ3n) is 5.37. The van der Waals surface area contributed by atoms with Gasteiger partial charge in [0.15, 0.2) is 0 Å². The van der Waals surface area contributed by atoms with Gasteiger partial charge in [-0.2, -0.15) is 0 Å². The Bertz CT molecular complexity index is 1200. The molecule has 6 nitrogen and oxygen atoms in total. The van der Waals surface area contributed by atoms with Crippen LogP contribution in [-0.2, 0) is 13.1 Å². The summed E-state index contributed by atoms with van der Waals surface area (Å²) in [7, 11) is 0. The van der Waals surface area contributed by atoms with Gasteiger partial charge >= 0.3 is 0 Å². The smallest absolute Gasteiger partial charge is 0.255 e. The summed E-state index contributed by atoms with van der Waals surface area (Å²) in [5.74, 6) is 1.70. The highest BCUT2D eigenvalue weighted by atomic mass is 16.3. The highest BCUT2D eigenvalue weighted by molar-refractivity contribution is 5.96. The molecule has 0 radical (unpaired) electrons. The Morgan fingerprint density at radius 3 is 1.44 bits per heavy atom. The highest BCUT2D eigenvalue weighted by Crippen LogP contribution is 2.20. The van der Waals surface area contributed by atoms with Crippen LogP contribution in [0.25, 0.3) is 12.2 Å². The van der Waals surface area contributed by atoms with E-state index in [0.29, 0.717) is 47.3 Å². The Hall–Kier alpha value is -4.32. The summed E-state index contributed by atoms with van der Waals surface area (Å²) in [6.45, 7) is 4.38. The summed E-state index contributed by atoms with van der Waals surface area (Å²) in [5.41, 5.74) is 3.00. The van der Waals surface area contributed by atoms with Crippen LogP contribution in [0.5, 0.6) is 0 Å². The average Bonchev–Trinajstić information content (AvgIpc) is 3.42. The molecule has 0 aliphatic rings. The van der Waals surface area contributed by atoms with Crippen LogP contribution < -0.4 is 10.6 Å². The molecule has 172 valence electrons. The molecule has 0 fully saturated rings. The van der Waals surface area contributed by atoms with E-state index in [1.165, 1.54) is 0 Å². The number of aryl methyl sites for hydroxylation is 2. The first kappa shape index (κ1) is 22.9. The zero-order chi connectivity index (χ0) is 23.9. The minimum atomic E-state index is -0.198. The van der Waals surface area contributed by atoms with E-state index in [4.69, 9.17) is 8.83 Å². The van der Waals surface area contributed by atoms with E-state index in [2.05, 4.69) is 10.6 Å². The lowest BCUT2D eigenvalue weighted by molar-refractivity contribution is 0.0941. The number of hydrogen-bond acceptors (Lipinski definition) is 4. The number of amides is 2. The zero-order valence-electron chi connectivity index (χ0n) is 19.1. The lowest BCUT2D eigenvalue weighted by Gasteiger charge is -2.03. The average molecular weight is 455 g/mol. The summed E-state index contributed by atoms with van der Waals surface area (Å²) in [4.78, 5) is 25.1. The molecule has 4 aromatic rings. The Labute approximate surface area is 198 Å². The van der Waals surface area contributed by atoms with Crippen LogP contribution in [0.4, 0.5) is 0 Å². The van der Waals surface area contributed by atoms with E-state index in [-0.39, 0.29) is 11.8 Å². The van der Waals surface area contributed by atoms with Crippen molar-refractivity contribution in [2.75, 3.05) is 0 Å². The van der Waals surface area contributed by atoms with Gasteiger partial charge in [0.1, 0.15) is 23.0 Å². The first-order valence-electron chi connectivity index (χ1n) is 11.0. The molecule has 0 bridgehead atoms. The highest BCUT2D eigenvalue weighted by Gasteiger charge is 2.15. The van der Waals surface area contributed by atoms with Crippen molar-refractivity contribution in [1.29, 1.82) is 0 Å². The van der Waals surface area contributed by atoms with Crippen molar-refractivity contribution < 1.29 is 18.4 Å². The first-order valence-corrected chi connectivity index (χ1v) is 11.0. The maximum atomic E-state index is 12.6. The number of rotatable bonds is 8. The number of carbonyl (C=O) groups is 2. The minimum Gasteiger partial charge on any atom is -0.461 e. The van der Waals surface area contributed by atoms with Crippen LogP contribution in [0.1, 0.15) is 54.9 Å². The number of nitrogens with one attached hydrogen (secondary N) is 2. The normalized spacial score (nSPS) is 11.0. The molecule has 0 atom stereocenters. The summed E-state index contributed by atoms with van der Waals surface area (Å²) < 4.78 is 11.4. The number of hydrogen-bond donors (Lipinski definition) is 2. The predicted octanol–water partition coefficient (Wildman–Crippen LogP) is 5.52. The van der Waals surface area contributed by atoms with Crippen molar-refractivity contribution in [3.05, 3.63) is 118 Å². The largest absolute Gasteiger partial charge is 0.461 e. The topological polar surface area (TPSA) is 84.5 Å². The van der Waals surface area contributed by atoms with Crippen LogP contribution in [-0.4, -0.2) is 11.8 Å². The Balaban J connectivity index is 1.38. The van der Waals surface area contributed by atoms with Gasteiger partial charge in [0.05, 0.1) is 11.1 Å². The Kier molecular flexibility index (Phi) is 7.08. The van der Waals surface area contributed by atoms with Crippen LogP contribution in [0, 0.1) is 13.8 Å². The lowest BCUT2D eigenvalue weighted by Crippen LogP contribution is -2.22. The van der Waals surface area contributed by atoms with Gasteiger partial charge in [0.2, 0.25) is 0 Å². The van der Waals surface area contributed by atoms with Crippen molar-refractivity contribution >= 4 is 24.0 Å². The summed E-state index contributed by atoms with van der Waals surface area (Å²) in [6, 6.07) is 22.8. The molecular formula is C28H26N2O4. The van der Waals surface area contributed by atoms with Gasteiger partial charge < -0.3 is 19.5 Å². The molecule has 2 aromatic heterocycles. The van der Waals surface area contributed by atoms with Crippen LogP contribution in [0.3, 0.4) is 0 Å². The maximum absolute atomic E-state index is 12.6. The van der Waals surface area contributed by atoms with Gasteiger partial charge in [0.25, 0.3) is 11.8 Å². The number of furan rings is 2. The van der Waals surface area contributed by atoms with Crippen LogP contribution in [0.2, 0.25) is 0 Å². The van der Waals surface area contributed by atoms with Gasteiger partial charge in [-0.25, -0.2) is 0 Å². The van der Waals surface area contributed by atoms with Crippen LogP contribution >= 0.6 is 0 Å². The third-order valence-corrected chi connectivity index (χ3v) is 5.37.